The first-order valence-corrected chi connectivity index (χ1v) is 10.4. The van der Waals surface area contributed by atoms with E-state index in [1.54, 1.807) is 13.2 Å². The lowest BCUT2D eigenvalue weighted by atomic mass is 10.0. The van der Waals surface area contributed by atoms with Gasteiger partial charge in [-0.2, -0.15) is 0 Å². The van der Waals surface area contributed by atoms with Gasteiger partial charge in [-0.15, -0.1) is 0 Å². The van der Waals surface area contributed by atoms with Crippen LogP contribution in [0, 0.1) is 0 Å². The maximum atomic E-state index is 12.7. The summed E-state index contributed by atoms with van der Waals surface area (Å²) in [5.41, 5.74) is 2.35. The van der Waals surface area contributed by atoms with Crippen molar-refractivity contribution in [1.29, 1.82) is 0 Å². The molecule has 1 aliphatic rings. The average Bonchev–Trinajstić information content (AvgIpc) is 3.31. The molecule has 0 aliphatic carbocycles. The molecular weight excluding hydrogens is 378 g/mol. The monoisotopic (exact) mass is 405 g/mol. The van der Waals surface area contributed by atoms with Gasteiger partial charge in [0.1, 0.15) is 5.75 Å². The van der Waals surface area contributed by atoms with Gasteiger partial charge in [-0.25, -0.2) is 0 Å². The van der Waals surface area contributed by atoms with Gasteiger partial charge in [0.2, 0.25) is 0 Å². The fourth-order valence-electron chi connectivity index (χ4n) is 3.92. The van der Waals surface area contributed by atoms with E-state index in [0.29, 0.717) is 12.3 Å². The van der Waals surface area contributed by atoms with Gasteiger partial charge in [-0.05, 0) is 55.8 Å². The largest absolute Gasteiger partial charge is 0.497 e. The van der Waals surface area contributed by atoms with Crippen LogP contribution in [0.4, 0.5) is 0 Å². The summed E-state index contributed by atoms with van der Waals surface area (Å²) in [6, 6.07) is 19.7. The first-order chi connectivity index (χ1) is 14.7. The number of piperidine rings is 1. The number of methoxy groups -OCH3 is 1. The van der Waals surface area contributed by atoms with Crippen molar-refractivity contribution in [2.24, 2.45) is 0 Å². The first kappa shape index (κ1) is 20.2. The fraction of sp³-hybridized carbons (Fsp3) is 0.333. The summed E-state index contributed by atoms with van der Waals surface area (Å²) < 4.78 is 10.6. The Morgan fingerprint density at radius 2 is 1.83 bits per heavy atom. The molecule has 1 amide bonds. The second kappa shape index (κ2) is 9.59. The third-order valence-corrected chi connectivity index (χ3v) is 5.59. The number of amides is 1. The highest BCUT2D eigenvalue weighted by Gasteiger charge is 2.23. The number of carbonyl (C=O) groups excluding carboxylic acids is 1. The third kappa shape index (κ3) is 4.71. The Hall–Kier alpha value is -3.12. The lowest BCUT2D eigenvalue weighted by molar-refractivity contribution is 0.0915. The smallest absolute Gasteiger partial charge is 0.273 e. The molecule has 1 N–H and O–H groups in total. The minimum Gasteiger partial charge on any atom is -0.497 e. The van der Waals surface area contributed by atoms with E-state index < -0.39 is 0 Å². The molecule has 1 saturated heterocycles. The van der Waals surface area contributed by atoms with Gasteiger partial charge in [-0.1, -0.05) is 41.9 Å². The number of hydrogen-bond acceptors (Lipinski definition) is 5. The van der Waals surface area contributed by atoms with Crippen LogP contribution in [0.25, 0.3) is 11.3 Å². The summed E-state index contributed by atoms with van der Waals surface area (Å²) in [5.74, 6) is 1.09. The van der Waals surface area contributed by atoms with Crippen LogP contribution in [0.5, 0.6) is 5.75 Å². The number of likely N-dealkylation sites (tertiary alicyclic amines) is 1. The Morgan fingerprint density at radius 1 is 1.10 bits per heavy atom. The summed E-state index contributed by atoms with van der Waals surface area (Å²) >= 11 is 0. The van der Waals surface area contributed by atoms with Crippen LogP contribution in [0.2, 0.25) is 0 Å². The molecule has 2 heterocycles. The number of ether oxygens (including phenoxy) is 1. The van der Waals surface area contributed by atoms with Gasteiger partial charge < -0.3 is 14.6 Å². The van der Waals surface area contributed by atoms with E-state index in [4.69, 9.17) is 9.26 Å². The topological polar surface area (TPSA) is 67.6 Å². The van der Waals surface area contributed by atoms with E-state index in [-0.39, 0.29) is 17.6 Å². The van der Waals surface area contributed by atoms with Crippen molar-refractivity contribution in [2.45, 2.75) is 25.3 Å². The maximum absolute atomic E-state index is 12.7. The lowest BCUT2D eigenvalue weighted by Crippen LogP contribution is -2.40. The lowest BCUT2D eigenvalue weighted by Gasteiger charge is -2.35. The molecule has 1 aliphatic heterocycles. The van der Waals surface area contributed by atoms with E-state index in [1.165, 1.54) is 24.8 Å². The number of hydrogen-bond donors (Lipinski definition) is 1. The van der Waals surface area contributed by atoms with Crippen molar-refractivity contribution < 1.29 is 14.1 Å². The second-order valence-corrected chi connectivity index (χ2v) is 7.54. The highest BCUT2D eigenvalue weighted by molar-refractivity contribution is 5.93. The van der Waals surface area contributed by atoms with E-state index >= 15 is 0 Å². The van der Waals surface area contributed by atoms with E-state index in [2.05, 4.69) is 27.5 Å². The van der Waals surface area contributed by atoms with Crippen LogP contribution >= 0.6 is 0 Å². The summed E-state index contributed by atoms with van der Waals surface area (Å²) in [7, 11) is 1.62. The molecule has 2 aromatic carbocycles. The molecule has 0 saturated carbocycles. The highest BCUT2D eigenvalue weighted by Crippen LogP contribution is 2.25. The van der Waals surface area contributed by atoms with Crippen molar-refractivity contribution in [3.8, 4) is 17.1 Å². The Labute approximate surface area is 176 Å². The van der Waals surface area contributed by atoms with Crippen LogP contribution in [0.1, 0.15) is 41.4 Å². The van der Waals surface area contributed by atoms with E-state index in [1.807, 2.05) is 42.5 Å². The number of carbonyl (C=O) groups is 1. The van der Waals surface area contributed by atoms with Crippen molar-refractivity contribution >= 4 is 5.91 Å². The molecule has 30 heavy (non-hydrogen) atoms. The maximum Gasteiger partial charge on any atom is 0.273 e. The molecule has 156 valence electrons. The fourth-order valence-corrected chi connectivity index (χ4v) is 3.92. The van der Waals surface area contributed by atoms with E-state index in [0.717, 1.165) is 24.4 Å². The molecule has 4 rings (SSSR count). The predicted octanol–water partition coefficient (Wildman–Crippen LogP) is 4.31. The van der Waals surface area contributed by atoms with Crippen molar-refractivity contribution in [3.05, 3.63) is 71.9 Å². The zero-order chi connectivity index (χ0) is 20.8. The van der Waals surface area contributed by atoms with Crippen LogP contribution in [-0.4, -0.2) is 42.7 Å². The normalized spacial score (nSPS) is 15.5. The van der Waals surface area contributed by atoms with Gasteiger partial charge >= 0.3 is 0 Å². The van der Waals surface area contributed by atoms with Gasteiger partial charge in [0.15, 0.2) is 11.5 Å². The van der Waals surface area contributed by atoms with Crippen molar-refractivity contribution in [3.63, 3.8) is 0 Å². The Morgan fingerprint density at radius 3 is 2.53 bits per heavy atom. The summed E-state index contributed by atoms with van der Waals surface area (Å²) in [6.45, 7) is 2.65. The zero-order valence-corrected chi connectivity index (χ0v) is 17.2. The third-order valence-electron chi connectivity index (χ3n) is 5.59. The Balaban J connectivity index is 1.43. The molecule has 0 unspecified atom stereocenters. The molecule has 1 aromatic heterocycles. The molecule has 0 spiro atoms. The Kier molecular flexibility index (Phi) is 6.44. The number of nitrogens with one attached hydrogen (secondary N) is 1. The summed E-state index contributed by atoms with van der Waals surface area (Å²) in [6.07, 6.45) is 3.68. The second-order valence-electron chi connectivity index (χ2n) is 7.54. The summed E-state index contributed by atoms with van der Waals surface area (Å²) in [4.78, 5) is 15.2. The van der Waals surface area contributed by atoms with Crippen LogP contribution < -0.4 is 10.1 Å². The van der Waals surface area contributed by atoms with Gasteiger partial charge in [0.05, 0.1) is 13.2 Å². The quantitative estimate of drug-likeness (QED) is 0.635. The van der Waals surface area contributed by atoms with Gasteiger partial charge in [-0.3, -0.25) is 9.69 Å². The van der Waals surface area contributed by atoms with E-state index in [9.17, 15) is 4.79 Å². The first-order valence-electron chi connectivity index (χ1n) is 10.4. The van der Waals surface area contributed by atoms with Gasteiger partial charge in [0, 0.05) is 18.2 Å². The van der Waals surface area contributed by atoms with Crippen LogP contribution in [0.3, 0.4) is 0 Å². The van der Waals surface area contributed by atoms with Crippen LogP contribution in [0.15, 0.2) is 65.2 Å². The molecule has 0 bridgehead atoms. The minimum atomic E-state index is -0.226. The average molecular weight is 405 g/mol. The number of nitrogens with zero attached hydrogens (tertiary/aromatic N) is 2. The highest BCUT2D eigenvalue weighted by atomic mass is 16.5. The zero-order valence-electron chi connectivity index (χ0n) is 17.2. The van der Waals surface area contributed by atoms with Gasteiger partial charge in [0.25, 0.3) is 5.91 Å². The molecule has 1 atom stereocenters. The minimum absolute atomic E-state index is 0.156. The molecular formula is C24H27N3O3. The predicted molar refractivity (Wildman–Crippen MR) is 115 cm³/mol. The molecule has 6 nitrogen and oxygen atoms in total. The number of rotatable bonds is 7. The number of aromatic nitrogens is 1. The molecule has 6 heteroatoms. The Bertz CT molecular complexity index is 947. The molecule has 3 aromatic rings. The van der Waals surface area contributed by atoms with Crippen LogP contribution in [-0.2, 0) is 0 Å². The summed E-state index contributed by atoms with van der Waals surface area (Å²) in [5, 5.41) is 7.02. The number of benzene rings is 2. The standard InChI is InChI=1S/C24H27N3O3/c1-29-20-12-10-19(11-13-20)23-16-21(26-30-23)24(28)25-17-22(18-8-4-2-5-9-18)27-14-6-3-7-15-27/h2,4-5,8-13,16,22H,3,6-7,14-15,17H2,1H3,(H,25,28)/t22-/m0/s1. The molecule has 0 radical (unpaired) electrons. The SMILES string of the molecule is COc1ccc(-c2cc(C(=O)NC[C@@H](c3ccccc3)N3CCCCC3)no2)cc1. The van der Waals surface area contributed by atoms with Crippen molar-refractivity contribution in [1.82, 2.24) is 15.4 Å². The van der Waals surface area contributed by atoms with Crippen molar-refractivity contribution in [2.75, 3.05) is 26.7 Å². The molecule has 1 fully saturated rings.